The Bertz CT molecular complexity index is 331. The fraction of sp³-hybridized carbons (Fsp3) is 0.571. The van der Waals surface area contributed by atoms with Crippen molar-refractivity contribution in [2.24, 2.45) is 5.73 Å². The largest absolute Gasteiger partial charge is 0.497 e. The quantitative estimate of drug-likeness (QED) is 0.871. The van der Waals surface area contributed by atoms with E-state index >= 15 is 0 Å². The molecule has 2 atom stereocenters. The Kier molecular flexibility index (Phi) is 4.40. The van der Waals surface area contributed by atoms with Gasteiger partial charge in [-0.3, -0.25) is 0 Å². The molecule has 1 fully saturated rings. The predicted molar refractivity (Wildman–Crippen MR) is 68.4 cm³/mol. The topological polar surface area (TPSA) is 44.5 Å². The molecule has 2 unspecified atom stereocenters. The summed E-state index contributed by atoms with van der Waals surface area (Å²) in [5.74, 6) is 1.19. The molecule has 2 N–H and O–H groups in total. The minimum Gasteiger partial charge on any atom is -0.497 e. The maximum atomic E-state index is 5.89. The van der Waals surface area contributed by atoms with Crippen LogP contribution in [-0.2, 0) is 4.74 Å². The van der Waals surface area contributed by atoms with Crippen LogP contribution in [0.2, 0.25) is 0 Å². The molecule has 0 aromatic heterocycles. The molecule has 1 aromatic rings. The average Bonchev–Trinajstić information content (AvgIpc) is 2.42. The van der Waals surface area contributed by atoms with E-state index in [4.69, 9.17) is 15.2 Å². The zero-order chi connectivity index (χ0) is 12.1. The second-order valence-corrected chi connectivity index (χ2v) is 4.52. The van der Waals surface area contributed by atoms with E-state index in [0.29, 0.717) is 12.5 Å². The Hall–Kier alpha value is -1.06. The Morgan fingerprint density at radius 2 is 2.12 bits per heavy atom. The van der Waals surface area contributed by atoms with Gasteiger partial charge < -0.3 is 15.2 Å². The Morgan fingerprint density at radius 1 is 1.35 bits per heavy atom. The summed E-state index contributed by atoms with van der Waals surface area (Å²) >= 11 is 0. The van der Waals surface area contributed by atoms with E-state index < -0.39 is 0 Å². The number of methoxy groups -OCH3 is 1. The third-order valence-corrected chi connectivity index (χ3v) is 3.46. The summed E-state index contributed by atoms with van der Waals surface area (Å²) in [6.45, 7) is 1.51. The van der Waals surface area contributed by atoms with Crippen LogP contribution in [0.5, 0.6) is 5.75 Å². The molecule has 17 heavy (non-hydrogen) atoms. The second kappa shape index (κ2) is 6.03. The van der Waals surface area contributed by atoms with Crippen molar-refractivity contribution in [3.8, 4) is 5.75 Å². The zero-order valence-electron chi connectivity index (χ0n) is 10.4. The first-order valence-electron chi connectivity index (χ1n) is 6.30. The standard InChI is InChI=1S/C14H21NO2/c1-16-12-7-5-11(6-8-12)13(10-15)14-4-2-3-9-17-14/h5-8,13-14H,2-4,9-10,15H2,1H3. The first-order chi connectivity index (χ1) is 8.35. The molecule has 0 aliphatic carbocycles. The van der Waals surface area contributed by atoms with Crippen LogP contribution in [0.15, 0.2) is 24.3 Å². The van der Waals surface area contributed by atoms with Gasteiger partial charge >= 0.3 is 0 Å². The van der Waals surface area contributed by atoms with Crippen LogP contribution < -0.4 is 10.5 Å². The molecule has 1 aromatic carbocycles. The third-order valence-electron chi connectivity index (χ3n) is 3.46. The summed E-state index contributed by atoms with van der Waals surface area (Å²) in [6.07, 6.45) is 3.82. The zero-order valence-corrected chi connectivity index (χ0v) is 10.4. The maximum Gasteiger partial charge on any atom is 0.118 e. The van der Waals surface area contributed by atoms with Gasteiger partial charge in [-0.25, -0.2) is 0 Å². The summed E-state index contributed by atoms with van der Waals surface area (Å²) in [5.41, 5.74) is 7.15. The van der Waals surface area contributed by atoms with Crippen LogP contribution in [0.4, 0.5) is 0 Å². The van der Waals surface area contributed by atoms with Crippen LogP contribution >= 0.6 is 0 Å². The molecule has 1 aliphatic rings. The van der Waals surface area contributed by atoms with Gasteiger partial charge in [-0.1, -0.05) is 12.1 Å². The van der Waals surface area contributed by atoms with E-state index in [1.807, 2.05) is 12.1 Å². The lowest BCUT2D eigenvalue weighted by Gasteiger charge is -2.30. The smallest absolute Gasteiger partial charge is 0.118 e. The van der Waals surface area contributed by atoms with Crippen molar-refractivity contribution in [2.75, 3.05) is 20.3 Å². The van der Waals surface area contributed by atoms with Gasteiger partial charge in [0.25, 0.3) is 0 Å². The molecular weight excluding hydrogens is 214 g/mol. The summed E-state index contributed by atoms with van der Waals surface area (Å²) in [4.78, 5) is 0. The van der Waals surface area contributed by atoms with E-state index in [0.717, 1.165) is 18.8 Å². The lowest BCUT2D eigenvalue weighted by molar-refractivity contribution is 0.000574. The Labute approximate surface area is 103 Å². The van der Waals surface area contributed by atoms with Crippen LogP contribution in [0, 0.1) is 0 Å². The molecule has 1 saturated heterocycles. The minimum atomic E-state index is 0.280. The lowest BCUT2D eigenvalue weighted by Crippen LogP contribution is -2.31. The van der Waals surface area contributed by atoms with Gasteiger partial charge in [0, 0.05) is 19.1 Å². The molecule has 3 nitrogen and oxygen atoms in total. The summed E-state index contributed by atoms with van der Waals surface area (Å²) in [7, 11) is 1.68. The number of hydrogen-bond donors (Lipinski definition) is 1. The van der Waals surface area contributed by atoms with E-state index in [-0.39, 0.29) is 6.10 Å². The molecule has 0 bridgehead atoms. The van der Waals surface area contributed by atoms with Crippen molar-refractivity contribution in [3.05, 3.63) is 29.8 Å². The van der Waals surface area contributed by atoms with E-state index in [9.17, 15) is 0 Å². The molecule has 0 radical (unpaired) electrons. The highest BCUT2D eigenvalue weighted by Crippen LogP contribution is 2.28. The van der Waals surface area contributed by atoms with Crippen molar-refractivity contribution >= 4 is 0 Å². The fourth-order valence-corrected chi connectivity index (χ4v) is 2.44. The van der Waals surface area contributed by atoms with Gasteiger partial charge in [0.1, 0.15) is 5.75 Å². The van der Waals surface area contributed by atoms with Gasteiger partial charge in [-0.15, -0.1) is 0 Å². The van der Waals surface area contributed by atoms with Gasteiger partial charge in [0.2, 0.25) is 0 Å². The number of ether oxygens (including phenoxy) is 2. The second-order valence-electron chi connectivity index (χ2n) is 4.52. The molecule has 2 rings (SSSR count). The third kappa shape index (κ3) is 2.99. The van der Waals surface area contributed by atoms with Gasteiger partial charge in [-0.2, -0.15) is 0 Å². The Morgan fingerprint density at radius 3 is 2.65 bits per heavy atom. The number of nitrogens with two attached hydrogens (primary N) is 1. The molecule has 1 aliphatic heterocycles. The van der Waals surface area contributed by atoms with Crippen molar-refractivity contribution < 1.29 is 9.47 Å². The fourth-order valence-electron chi connectivity index (χ4n) is 2.44. The van der Waals surface area contributed by atoms with E-state index in [1.54, 1.807) is 7.11 Å². The predicted octanol–water partition coefficient (Wildman–Crippen LogP) is 2.31. The number of rotatable bonds is 4. The summed E-state index contributed by atoms with van der Waals surface area (Å²) in [6, 6.07) is 8.16. The highest BCUT2D eigenvalue weighted by atomic mass is 16.5. The molecular formula is C14H21NO2. The van der Waals surface area contributed by atoms with Crippen LogP contribution in [-0.4, -0.2) is 26.4 Å². The monoisotopic (exact) mass is 235 g/mol. The van der Waals surface area contributed by atoms with Crippen molar-refractivity contribution in [3.63, 3.8) is 0 Å². The molecule has 1 heterocycles. The highest BCUT2D eigenvalue weighted by molar-refractivity contribution is 5.30. The first-order valence-corrected chi connectivity index (χ1v) is 6.30. The highest BCUT2D eigenvalue weighted by Gasteiger charge is 2.24. The molecule has 0 amide bonds. The molecule has 0 spiro atoms. The number of hydrogen-bond acceptors (Lipinski definition) is 3. The van der Waals surface area contributed by atoms with Crippen molar-refractivity contribution in [1.29, 1.82) is 0 Å². The summed E-state index contributed by atoms with van der Waals surface area (Å²) < 4.78 is 11.0. The Balaban J connectivity index is 2.10. The van der Waals surface area contributed by atoms with Crippen molar-refractivity contribution in [1.82, 2.24) is 0 Å². The number of benzene rings is 1. The lowest BCUT2D eigenvalue weighted by atomic mass is 9.89. The molecule has 3 heteroatoms. The first kappa shape index (κ1) is 12.4. The van der Waals surface area contributed by atoms with E-state index in [2.05, 4.69) is 12.1 Å². The van der Waals surface area contributed by atoms with Crippen LogP contribution in [0.3, 0.4) is 0 Å². The van der Waals surface area contributed by atoms with Gasteiger partial charge in [0.05, 0.1) is 13.2 Å². The summed E-state index contributed by atoms with van der Waals surface area (Å²) in [5, 5.41) is 0. The molecule has 0 saturated carbocycles. The van der Waals surface area contributed by atoms with Crippen molar-refractivity contribution in [2.45, 2.75) is 31.3 Å². The normalized spacial score (nSPS) is 22.1. The maximum absolute atomic E-state index is 5.89. The SMILES string of the molecule is COc1ccc(C(CN)C2CCCCO2)cc1. The molecule has 94 valence electrons. The van der Waals surface area contributed by atoms with E-state index in [1.165, 1.54) is 18.4 Å². The van der Waals surface area contributed by atoms with Gasteiger partial charge in [0.15, 0.2) is 0 Å². The van der Waals surface area contributed by atoms with Crippen LogP contribution in [0.25, 0.3) is 0 Å². The minimum absolute atomic E-state index is 0.280. The average molecular weight is 235 g/mol. The van der Waals surface area contributed by atoms with Gasteiger partial charge in [-0.05, 0) is 37.0 Å². The van der Waals surface area contributed by atoms with Crippen LogP contribution in [0.1, 0.15) is 30.7 Å².